The van der Waals surface area contributed by atoms with Crippen LogP contribution in [0.3, 0.4) is 0 Å². The first-order chi connectivity index (χ1) is 5.35. The maximum atomic E-state index is 11.5. The molecule has 5 heteroatoms. The fourth-order valence-corrected chi connectivity index (χ4v) is 0.360. The lowest BCUT2D eigenvalue weighted by atomic mass is 10.2. The Hall–Kier alpha value is -0.965. The van der Waals surface area contributed by atoms with Crippen LogP contribution >= 0.6 is 0 Å². The third-order valence-corrected chi connectivity index (χ3v) is 0.724. The molecule has 11 heavy (non-hydrogen) atoms. The van der Waals surface area contributed by atoms with Crippen LogP contribution < -0.4 is 0 Å². The van der Waals surface area contributed by atoms with Crippen molar-refractivity contribution in [2.24, 2.45) is 0 Å². The van der Waals surface area contributed by atoms with Gasteiger partial charge >= 0.3 is 7.32 Å². The summed E-state index contributed by atoms with van der Waals surface area (Å²) in [5.74, 6) is 0. The van der Waals surface area contributed by atoms with Crippen molar-refractivity contribution in [2.45, 2.75) is 13.8 Å². The van der Waals surface area contributed by atoms with Gasteiger partial charge in [-0.15, -0.1) is 0 Å². The van der Waals surface area contributed by atoms with Crippen LogP contribution in [-0.4, -0.2) is 7.32 Å². The highest BCUT2D eigenvalue weighted by Crippen LogP contribution is 1.94. The van der Waals surface area contributed by atoms with Crippen LogP contribution in [0.25, 0.3) is 0 Å². The van der Waals surface area contributed by atoms with Gasteiger partial charge in [-0.3, -0.25) is 0 Å². The number of hydrogen-bond donors (Lipinski definition) is 0. The van der Waals surface area contributed by atoms with E-state index in [0.29, 0.717) is 0 Å². The Morgan fingerprint density at radius 2 is 1.55 bits per heavy atom. The lowest BCUT2D eigenvalue weighted by Gasteiger charge is -2.03. The third-order valence-electron chi connectivity index (χ3n) is 0.724. The van der Waals surface area contributed by atoms with Gasteiger partial charge in [0, 0.05) is 0 Å². The maximum Gasteiger partial charge on any atom is 0.820 e. The van der Waals surface area contributed by atoms with Crippen LogP contribution in [-0.2, 0) is 14.2 Å². The Balaban J connectivity index is 3.57. The number of hydrogen-bond acceptors (Lipinski definition) is 3. The third kappa shape index (κ3) is 5.48. The average Bonchev–Trinajstić information content (AvgIpc) is 2.05. The van der Waals surface area contributed by atoms with Crippen molar-refractivity contribution in [2.75, 3.05) is 0 Å². The summed E-state index contributed by atoms with van der Waals surface area (Å²) in [5, 5.41) is 0. The molecule has 62 valence electrons. The summed E-state index contributed by atoms with van der Waals surface area (Å²) in [7, 11) is -1.32. The molecule has 0 aromatic rings. The van der Waals surface area contributed by atoms with Crippen molar-refractivity contribution in [3.05, 3.63) is 24.7 Å². The van der Waals surface area contributed by atoms with Crippen LogP contribution in [0.2, 0.25) is 0 Å². The first kappa shape index (κ1) is 10.0. The Morgan fingerprint density at radius 3 is 1.82 bits per heavy atom. The second-order valence-electron chi connectivity index (χ2n) is 1.59. The van der Waals surface area contributed by atoms with E-state index in [1.54, 1.807) is 26.0 Å². The summed E-state index contributed by atoms with van der Waals surface area (Å²) in [6, 6.07) is 0. The van der Waals surface area contributed by atoms with E-state index in [1.165, 1.54) is 12.5 Å². The molecule has 0 atom stereocenters. The lowest BCUT2D eigenvalue weighted by Crippen LogP contribution is -2.18. The molecule has 0 rings (SSSR count). The summed E-state index contributed by atoms with van der Waals surface area (Å²) < 4.78 is 20.7. The molecule has 0 aliphatic heterocycles. The van der Waals surface area contributed by atoms with Gasteiger partial charge in [0.1, 0.15) is 0 Å². The van der Waals surface area contributed by atoms with Crippen LogP contribution in [0, 0.1) is 0 Å². The zero-order valence-electron chi connectivity index (χ0n) is 6.49. The van der Waals surface area contributed by atoms with E-state index < -0.39 is 7.32 Å². The predicted octanol–water partition coefficient (Wildman–Crippen LogP) is 1.97. The Labute approximate surface area is 65.5 Å². The van der Waals surface area contributed by atoms with E-state index in [4.69, 9.17) is 0 Å². The number of rotatable bonds is 5. The molecule has 0 aromatic carbocycles. The van der Waals surface area contributed by atoms with Gasteiger partial charge in [-0.2, -0.15) is 4.86 Å². The zero-order valence-corrected chi connectivity index (χ0v) is 6.49. The smallest absolute Gasteiger partial charge is 0.506 e. The van der Waals surface area contributed by atoms with Crippen molar-refractivity contribution in [3.8, 4) is 0 Å². The molecule has 0 aliphatic carbocycles. The first-order valence-corrected chi connectivity index (χ1v) is 3.15. The molecule has 0 saturated carbocycles. The topological polar surface area (TPSA) is 27.7 Å². The minimum absolute atomic E-state index is 1.27. The van der Waals surface area contributed by atoms with Crippen LogP contribution in [0.15, 0.2) is 24.7 Å². The Kier molecular flexibility index (Phi) is 6.52. The first-order valence-electron chi connectivity index (χ1n) is 3.15. The predicted molar refractivity (Wildman–Crippen MR) is 39.7 cm³/mol. The molecule has 0 unspecified atom stereocenters. The van der Waals surface area contributed by atoms with Gasteiger partial charge in [0.15, 0.2) is 0 Å². The average molecular weight is 160 g/mol. The van der Waals surface area contributed by atoms with E-state index >= 15 is 0 Å². The molecule has 3 nitrogen and oxygen atoms in total. The van der Waals surface area contributed by atoms with E-state index in [1.807, 2.05) is 0 Å². The molecule has 0 fully saturated rings. The highest BCUT2D eigenvalue weighted by Gasteiger charge is 2.24. The summed E-state index contributed by atoms with van der Waals surface area (Å²) >= 11 is 0. The standard InChI is InChI=1S/C6H10BFO3/c1-3-5-9-7(11-8)10-6-4-2/h3-6H,1-2H3/b5-3+,6-4+. The number of allylic oxidation sites excluding steroid dienone is 2. The quantitative estimate of drug-likeness (QED) is 0.454. The van der Waals surface area contributed by atoms with E-state index in [-0.39, 0.29) is 0 Å². The largest absolute Gasteiger partial charge is 0.820 e. The fourth-order valence-electron chi connectivity index (χ4n) is 0.360. The molecule has 0 heterocycles. The Bertz CT molecular complexity index is 124. The van der Waals surface area contributed by atoms with Crippen LogP contribution in [0.5, 0.6) is 0 Å². The fraction of sp³-hybridized carbons (Fsp3) is 0.333. The van der Waals surface area contributed by atoms with Crippen molar-refractivity contribution < 1.29 is 18.7 Å². The SMILES string of the molecule is C/C=C/OB(OF)O/C=C/C. The van der Waals surface area contributed by atoms with E-state index in [2.05, 4.69) is 14.2 Å². The minimum Gasteiger partial charge on any atom is -0.506 e. The lowest BCUT2D eigenvalue weighted by molar-refractivity contribution is -0.0594. The normalized spacial score (nSPS) is 10.8. The van der Waals surface area contributed by atoms with Gasteiger partial charge in [-0.1, -0.05) is 16.7 Å². The van der Waals surface area contributed by atoms with Gasteiger partial charge in [0.2, 0.25) is 0 Å². The van der Waals surface area contributed by atoms with Gasteiger partial charge in [0.25, 0.3) is 0 Å². The van der Waals surface area contributed by atoms with Crippen molar-refractivity contribution >= 4 is 7.32 Å². The van der Waals surface area contributed by atoms with Gasteiger partial charge in [-0.25, -0.2) is 0 Å². The summed E-state index contributed by atoms with van der Waals surface area (Å²) in [6.45, 7) is 3.45. The van der Waals surface area contributed by atoms with Crippen LogP contribution in [0.4, 0.5) is 4.53 Å². The maximum absolute atomic E-state index is 11.5. The molecule has 0 saturated heterocycles. The second-order valence-corrected chi connectivity index (χ2v) is 1.59. The van der Waals surface area contributed by atoms with Crippen molar-refractivity contribution in [3.63, 3.8) is 0 Å². The molecule has 0 amide bonds. The highest BCUT2D eigenvalue weighted by molar-refractivity contribution is 6.36. The van der Waals surface area contributed by atoms with Crippen molar-refractivity contribution in [1.29, 1.82) is 0 Å². The van der Waals surface area contributed by atoms with E-state index in [9.17, 15) is 4.53 Å². The number of halogens is 1. The van der Waals surface area contributed by atoms with E-state index in [0.717, 1.165) is 0 Å². The second kappa shape index (κ2) is 7.15. The van der Waals surface area contributed by atoms with Crippen molar-refractivity contribution in [1.82, 2.24) is 0 Å². The molecule has 0 spiro atoms. The monoisotopic (exact) mass is 160 g/mol. The Morgan fingerprint density at radius 1 is 1.09 bits per heavy atom. The molecule has 0 aromatic heterocycles. The molecule has 0 N–H and O–H groups in total. The summed E-state index contributed by atoms with van der Waals surface area (Å²) in [6.07, 6.45) is 5.72. The minimum atomic E-state index is -1.32. The van der Waals surface area contributed by atoms with Gasteiger partial charge < -0.3 is 9.31 Å². The summed E-state index contributed by atoms with van der Waals surface area (Å²) in [4.78, 5) is 3.31. The molecular formula is C6H10BFO3. The van der Waals surface area contributed by atoms with Crippen LogP contribution in [0.1, 0.15) is 13.8 Å². The molecular weight excluding hydrogens is 150 g/mol. The molecule has 0 bridgehead atoms. The molecule has 0 radical (unpaired) electrons. The molecule has 0 aliphatic rings. The zero-order chi connectivity index (χ0) is 8.53. The highest BCUT2D eigenvalue weighted by atomic mass is 19.3. The van der Waals surface area contributed by atoms with Gasteiger partial charge in [-0.05, 0) is 13.8 Å². The summed E-state index contributed by atoms with van der Waals surface area (Å²) in [5.41, 5.74) is 0. The van der Waals surface area contributed by atoms with Gasteiger partial charge in [0.05, 0.1) is 12.5 Å².